The molecule has 0 aromatic carbocycles. The molecule has 21 heavy (non-hydrogen) atoms. The Kier molecular flexibility index (Phi) is 8.78. The van der Waals surface area contributed by atoms with Crippen LogP contribution in [0.2, 0.25) is 0 Å². The Morgan fingerprint density at radius 3 is 1.86 bits per heavy atom. The summed E-state index contributed by atoms with van der Waals surface area (Å²) in [5.74, 6) is 0.498. The van der Waals surface area contributed by atoms with Crippen LogP contribution < -0.4 is 5.32 Å². The molecule has 0 bridgehead atoms. The lowest BCUT2D eigenvalue weighted by Crippen LogP contribution is -2.47. The van der Waals surface area contributed by atoms with Gasteiger partial charge in [0.2, 0.25) is 0 Å². The highest BCUT2D eigenvalue weighted by Gasteiger charge is 2.30. The lowest BCUT2D eigenvalue weighted by Gasteiger charge is -2.33. The zero-order chi connectivity index (χ0) is 15.7. The highest BCUT2D eigenvalue weighted by atomic mass is 32.2. The summed E-state index contributed by atoms with van der Waals surface area (Å²) in [5.41, 5.74) is 0. The van der Waals surface area contributed by atoms with E-state index in [1.807, 2.05) is 13.8 Å². The van der Waals surface area contributed by atoms with E-state index in [0.29, 0.717) is 32.1 Å². The van der Waals surface area contributed by atoms with E-state index in [1.165, 1.54) is 0 Å². The number of piperidine rings is 1. The maximum atomic E-state index is 12.9. The molecule has 1 saturated heterocycles. The molecule has 0 aliphatic carbocycles. The van der Waals surface area contributed by atoms with Crippen molar-refractivity contribution in [2.75, 3.05) is 39.3 Å². The molecule has 0 aromatic heterocycles. The van der Waals surface area contributed by atoms with E-state index < -0.39 is 10.2 Å². The van der Waals surface area contributed by atoms with Gasteiger partial charge in [-0.2, -0.15) is 17.0 Å². The lowest BCUT2D eigenvalue weighted by atomic mass is 9.98. The van der Waals surface area contributed by atoms with Crippen LogP contribution in [0.3, 0.4) is 0 Å². The lowest BCUT2D eigenvalue weighted by molar-refractivity contribution is 0.268. The van der Waals surface area contributed by atoms with Gasteiger partial charge in [-0.25, -0.2) is 0 Å². The molecule has 5 nitrogen and oxygen atoms in total. The van der Waals surface area contributed by atoms with E-state index in [2.05, 4.69) is 12.2 Å². The second-order valence-corrected chi connectivity index (χ2v) is 7.89. The second kappa shape index (κ2) is 9.77. The van der Waals surface area contributed by atoms with Gasteiger partial charge in [0.25, 0.3) is 10.2 Å². The van der Waals surface area contributed by atoms with Gasteiger partial charge in [-0.05, 0) is 51.1 Å². The predicted octanol–water partition coefficient (Wildman–Crippen LogP) is 2.06. The third-order valence-corrected chi connectivity index (χ3v) is 5.99. The first-order valence-corrected chi connectivity index (χ1v) is 9.91. The molecule has 0 amide bonds. The fourth-order valence-electron chi connectivity index (χ4n) is 2.91. The predicted molar refractivity (Wildman–Crippen MR) is 88.5 cm³/mol. The molecule has 1 heterocycles. The van der Waals surface area contributed by atoms with Gasteiger partial charge < -0.3 is 5.32 Å². The Morgan fingerprint density at radius 2 is 1.38 bits per heavy atom. The monoisotopic (exact) mass is 319 g/mol. The molecule has 1 aliphatic heterocycles. The summed E-state index contributed by atoms with van der Waals surface area (Å²) >= 11 is 0. The average molecular weight is 320 g/mol. The first kappa shape index (κ1) is 18.9. The van der Waals surface area contributed by atoms with E-state index in [4.69, 9.17) is 0 Å². The molecule has 1 rings (SSSR count). The smallest absolute Gasteiger partial charge is 0.281 e. The first-order chi connectivity index (χ1) is 10.1. The van der Waals surface area contributed by atoms with Crippen LogP contribution in [0, 0.1) is 5.92 Å². The van der Waals surface area contributed by atoms with Crippen LogP contribution in [0.25, 0.3) is 0 Å². The summed E-state index contributed by atoms with van der Waals surface area (Å²) < 4.78 is 29.2. The number of nitrogens with one attached hydrogen (secondary N) is 1. The van der Waals surface area contributed by atoms with Crippen LogP contribution in [0.15, 0.2) is 0 Å². The Hall–Kier alpha value is -0.170. The van der Waals surface area contributed by atoms with Gasteiger partial charge in [0.1, 0.15) is 0 Å². The van der Waals surface area contributed by atoms with Crippen LogP contribution in [-0.2, 0) is 10.2 Å². The Labute approximate surface area is 131 Å². The van der Waals surface area contributed by atoms with E-state index in [-0.39, 0.29) is 0 Å². The van der Waals surface area contributed by atoms with Crippen molar-refractivity contribution in [1.29, 1.82) is 0 Å². The SMILES string of the molecule is CCCN(CCC)S(=O)(=O)N(CCC)CC1CCNCC1. The second-order valence-electron chi connectivity index (χ2n) is 5.96. The first-order valence-electron chi connectivity index (χ1n) is 8.52. The van der Waals surface area contributed by atoms with Crippen molar-refractivity contribution in [2.45, 2.75) is 52.9 Å². The molecule has 0 atom stereocenters. The van der Waals surface area contributed by atoms with Gasteiger partial charge in [-0.1, -0.05) is 20.8 Å². The molecule has 1 fully saturated rings. The molecule has 0 unspecified atom stereocenters. The van der Waals surface area contributed by atoms with Crippen molar-refractivity contribution in [1.82, 2.24) is 13.9 Å². The van der Waals surface area contributed by atoms with Crippen LogP contribution in [0.4, 0.5) is 0 Å². The molecule has 1 aliphatic rings. The fourth-order valence-corrected chi connectivity index (χ4v) is 4.87. The molecule has 0 radical (unpaired) electrons. The minimum absolute atomic E-state index is 0.498. The topological polar surface area (TPSA) is 52.7 Å². The van der Waals surface area contributed by atoms with E-state index >= 15 is 0 Å². The van der Waals surface area contributed by atoms with Crippen molar-refractivity contribution in [2.24, 2.45) is 5.92 Å². The van der Waals surface area contributed by atoms with Crippen LogP contribution in [0.1, 0.15) is 52.9 Å². The maximum Gasteiger partial charge on any atom is 0.281 e. The van der Waals surface area contributed by atoms with Crippen molar-refractivity contribution in [3.8, 4) is 0 Å². The number of nitrogens with zero attached hydrogens (tertiary/aromatic N) is 2. The Bertz CT molecular complexity index is 361. The minimum atomic E-state index is -3.30. The van der Waals surface area contributed by atoms with Crippen molar-refractivity contribution in [3.05, 3.63) is 0 Å². The van der Waals surface area contributed by atoms with Crippen molar-refractivity contribution >= 4 is 10.2 Å². The van der Waals surface area contributed by atoms with E-state index in [9.17, 15) is 8.42 Å². The molecule has 6 heteroatoms. The molecular weight excluding hydrogens is 286 g/mol. The van der Waals surface area contributed by atoms with Gasteiger partial charge in [0, 0.05) is 26.2 Å². The van der Waals surface area contributed by atoms with Crippen LogP contribution in [-0.4, -0.2) is 56.3 Å². The van der Waals surface area contributed by atoms with Gasteiger partial charge in [-0.3, -0.25) is 0 Å². The minimum Gasteiger partial charge on any atom is -0.317 e. The standard InChI is InChI=1S/C15H33N3O2S/c1-4-11-17(12-5-2)21(19,20)18(13-6-3)14-15-7-9-16-10-8-15/h15-16H,4-14H2,1-3H3. The zero-order valence-corrected chi connectivity index (χ0v) is 14.8. The number of hydrogen-bond acceptors (Lipinski definition) is 3. The number of hydrogen-bond donors (Lipinski definition) is 1. The molecular formula is C15H33N3O2S. The largest absolute Gasteiger partial charge is 0.317 e. The van der Waals surface area contributed by atoms with Gasteiger partial charge in [0.15, 0.2) is 0 Å². The van der Waals surface area contributed by atoms with Crippen molar-refractivity contribution in [3.63, 3.8) is 0 Å². The highest BCUT2D eigenvalue weighted by Crippen LogP contribution is 2.18. The normalized spacial score (nSPS) is 17.8. The molecule has 0 spiro atoms. The van der Waals surface area contributed by atoms with E-state index in [1.54, 1.807) is 8.61 Å². The average Bonchev–Trinajstić information content (AvgIpc) is 2.47. The fraction of sp³-hybridized carbons (Fsp3) is 1.00. The Balaban J connectivity index is 2.78. The summed E-state index contributed by atoms with van der Waals surface area (Å²) in [6, 6.07) is 0. The molecule has 0 saturated carbocycles. The van der Waals surface area contributed by atoms with Crippen LogP contribution in [0.5, 0.6) is 0 Å². The van der Waals surface area contributed by atoms with Gasteiger partial charge in [-0.15, -0.1) is 0 Å². The zero-order valence-electron chi connectivity index (χ0n) is 14.0. The third-order valence-electron chi connectivity index (χ3n) is 3.99. The summed E-state index contributed by atoms with van der Waals surface area (Å²) in [5, 5.41) is 3.34. The van der Waals surface area contributed by atoms with Crippen molar-refractivity contribution < 1.29 is 8.42 Å². The molecule has 1 N–H and O–H groups in total. The molecule has 0 aromatic rings. The molecule has 126 valence electrons. The van der Waals surface area contributed by atoms with Gasteiger partial charge in [0.05, 0.1) is 0 Å². The van der Waals surface area contributed by atoms with Crippen LogP contribution >= 0.6 is 0 Å². The summed E-state index contributed by atoms with van der Waals surface area (Å²) in [6.07, 6.45) is 4.77. The Morgan fingerprint density at radius 1 is 0.905 bits per heavy atom. The summed E-state index contributed by atoms with van der Waals surface area (Å²) in [6.45, 7) is 10.7. The van der Waals surface area contributed by atoms with E-state index in [0.717, 1.165) is 45.2 Å². The quantitative estimate of drug-likeness (QED) is 0.670. The van der Waals surface area contributed by atoms with Gasteiger partial charge >= 0.3 is 0 Å². The maximum absolute atomic E-state index is 12.9. The summed E-state index contributed by atoms with van der Waals surface area (Å²) in [7, 11) is -3.30. The highest BCUT2D eigenvalue weighted by molar-refractivity contribution is 7.86. The third kappa shape index (κ3) is 5.85. The number of rotatable bonds is 10. The summed E-state index contributed by atoms with van der Waals surface area (Å²) in [4.78, 5) is 0.